The summed E-state index contributed by atoms with van der Waals surface area (Å²) in [5.74, 6) is 0. The molecule has 1 aromatic rings. The van der Waals surface area contributed by atoms with E-state index in [4.69, 9.17) is 11.6 Å². The summed E-state index contributed by atoms with van der Waals surface area (Å²) in [7, 11) is 0. The van der Waals surface area contributed by atoms with Gasteiger partial charge in [0, 0.05) is 41.7 Å². The van der Waals surface area contributed by atoms with Crippen molar-refractivity contribution in [3.8, 4) is 0 Å². The van der Waals surface area contributed by atoms with Crippen molar-refractivity contribution in [2.24, 2.45) is 0 Å². The second-order valence-corrected chi connectivity index (χ2v) is 5.62. The molecule has 0 saturated carbocycles. The Bertz CT molecular complexity index is 374. The lowest BCUT2D eigenvalue weighted by Gasteiger charge is -2.32. The Labute approximate surface area is 122 Å². The molecule has 17 heavy (non-hydrogen) atoms. The van der Waals surface area contributed by atoms with E-state index in [0.717, 1.165) is 35.7 Å². The summed E-state index contributed by atoms with van der Waals surface area (Å²) >= 11 is 9.58. The first-order valence-electron chi connectivity index (χ1n) is 5.55. The highest BCUT2D eigenvalue weighted by molar-refractivity contribution is 9.10. The fraction of sp³-hybridized carbons (Fsp3) is 0.500. The standard InChI is InChI=1S/C12H16BrClN2.ClH/c1-9-7-16(5-4-15-9)8-10-6-11(14)2-3-12(10)13;/h2-3,6,9,15H,4-5,7-8H2,1H3;1H/t9-;/m1./s1. The fourth-order valence-electron chi connectivity index (χ4n) is 2.06. The van der Waals surface area contributed by atoms with E-state index in [2.05, 4.69) is 33.1 Å². The predicted octanol–water partition coefficient (Wildman–Crippen LogP) is 3.32. The summed E-state index contributed by atoms with van der Waals surface area (Å²) in [6, 6.07) is 6.55. The first kappa shape index (κ1) is 15.3. The van der Waals surface area contributed by atoms with Gasteiger partial charge in [-0.3, -0.25) is 4.90 Å². The average Bonchev–Trinajstić information content (AvgIpc) is 2.24. The highest BCUT2D eigenvalue weighted by Crippen LogP contribution is 2.22. The number of hydrogen-bond donors (Lipinski definition) is 1. The largest absolute Gasteiger partial charge is 0.312 e. The zero-order valence-electron chi connectivity index (χ0n) is 9.75. The van der Waals surface area contributed by atoms with Crippen LogP contribution < -0.4 is 5.32 Å². The Balaban J connectivity index is 0.00000144. The van der Waals surface area contributed by atoms with E-state index in [9.17, 15) is 0 Å². The molecule has 0 unspecified atom stereocenters. The minimum Gasteiger partial charge on any atom is -0.312 e. The SMILES string of the molecule is C[C@@H]1CN(Cc2cc(Cl)ccc2Br)CCN1.Cl. The molecular weight excluding hydrogens is 323 g/mol. The van der Waals surface area contributed by atoms with Gasteiger partial charge in [0.1, 0.15) is 0 Å². The molecule has 1 aliphatic heterocycles. The minimum atomic E-state index is 0. The number of piperazine rings is 1. The van der Waals surface area contributed by atoms with Crippen LogP contribution in [0.2, 0.25) is 5.02 Å². The third-order valence-corrected chi connectivity index (χ3v) is 3.86. The molecule has 1 heterocycles. The fourth-order valence-corrected chi connectivity index (χ4v) is 2.63. The monoisotopic (exact) mass is 338 g/mol. The summed E-state index contributed by atoms with van der Waals surface area (Å²) in [6.45, 7) is 6.45. The van der Waals surface area contributed by atoms with Gasteiger partial charge in [-0.2, -0.15) is 0 Å². The van der Waals surface area contributed by atoms with Crippen LogP contribution in [0, 0.1) is 0 Å². The molecule has 2 rings (SSSR count). The van der Waals surface area contributed by atoms with Crippen molar-refractivity contribution in [1.29, 1.82) is 0 Å². The van der Waals surface area contributed by atoms with Crippen LogP contribution in [0.3, 0.4) is 0 Å². The normalized spacial score (nSPS) is 21.0. The van der Waals surface area contributed by atoms with Crippen LogP contribution in [0.1, 0.15) is 12.5 Å². The number of benzene rings is 1. The van der Waals surface area contributed by atoms with Crippen molar-refractivity contribution in [2.75, 3.05) is 19.6 Å². The van der Waals surface area contributed by atoms with Crippen molar-refractivity contribution in [1.82, 2.24) is 10.2 Å². The van der Waals surface area contributed by atoms with Gasteiger partial charge < -0.3 is 5.32 Å². The number of rotatable bonds is 2. The van der Waals surface area contributed by atoms with Crippen LogP contribution in [0.5, 0.6) is 0 Å². The first-order valence-corrected chi connectivity index (χ1v) is 6.72. The van der Waals surface area contributed by atoms with E-state index in [1.54, 1.807) is 0 Å². The van der Waals surface area contributed by atoms with Crippen molar-refractivity contribution >= 4 is 39.9 Å². The molecule has 1 atom stereocenters. The van der Waals surface area contributed by atoms with Gasteiger partial charge in [0.15, 0.2) is 0 Å². The minimum absolute atomic E-state index is 0. The Hall–Kier alpha value is 0.200. The molecule has 2 nitrogen and oxygen atoms in total. The highest BCUT2D eigenvalue weighted by Gasteiger charge is 2.16. The van der Waals surface area contributed by atoms with E-state index in [0.29, 0.717) is 6.04 Å². The number of nitrogens with one attached hydrogen (secondary N) is 1. The van der Waals surface area contributed by atoms with Crippen LogP contribution in [-0.4, -0.2) is 30.6 Å². The summed E-state index contributed by atoms with van der Waals surface area (Å²) in [5.41, 5.74) is 1.27. The molecule has 0 radical (unpaired) electrons. The van der Waals surface area contributed by atoms with Gasteiger partial charge in [0.05, 0.1) is 0 Å². The average molecular weight is 340 g/mol. The van der Waals surface area contributed by atoms with E-state index < -0.39 is 0 Å². The van der Waals surface area contributed by atoms with Crippen LogP contribution in [-0.2, 0) is 6.54 Å². The molecule has 1 fully saturated rings. The smallest absolute Gasteiger partial charge is 0.0410 e. The first-order chi connectivity index (χ1) is 7.65. The Morgan fingerprint density at radius 3 is 3.00 bits per heavy atom. The Morgan fingerprint density at radius 2 is 2.29 bits per heavy atom. The maximum absolute atomic E-state index is 6.01. The molecule has 1 N–H and O–H groups in total. The lowest BCUT2D eigenvalue weighted by atomic mass is 10.1. The molecule has 0 bridgehead atoms. The van der Waals surface area contributed by atoms with E-state index >= 15 is 0 Å². The second-order valence-electron chi connectivity index (χ2n) is 4.33. The molecule has 1 saturated heterocycles. The molecule has 96 valence electrons. The van der Waals surface area contributed by atoms with Gasteiger partial charge in [-0.05, 0) is 30.7 Å². The molecule has 0 aromatic heterocycles. The van der Waals surface area contributed by atoms with E-state index in [1.807, 2.05) is 18.2 Å². The molecule has 1 aliphatic rings. The molecule has 0 aliphatic carbocycles. The molecule has 1 aromatic carbocycles. The van der Waals surface area contributed by atoms with Crippen molar-refractivity contribution in [3.63, 3.8) is 0 Å². The zero-order chi connectivity index (χ0) is 11.5. The lowest BCUT2D eigenvalue weighted by molar-refractivity contribution is 0.199. The van der Waals surface area contributed by atoms with Crippen molar-refractivity contribution in [3.05, 3.63) is 33.3 Å². The second kappa shape index (κ2) is 6.95. The third-order valence-electron chi connectivity index (χ3n) is 2.85. The maximum atomic E-state index is 6.01. The lowest BCUT2D eigenvalue weighted by Crippen LogP contribution is -2.48. The number of hydrogen-bond acceptors (Lipinski definition) is 2. The maximum Gasteiger partial charge on any atom is 0.0410 e. The highest BCUT2D eigenvalue weighted by atomic mass is 79.9. The number of halogens is 3. The van der Waals surface area contributed by atoms with E-state index in [1.165, 1.54) is 5.56 Å². The third kappa shape index (κ3) is 4.42. The topological polar surface area (TPSA) is 15.3 Å². The summed E-state index contributed by atoms with van der Waals surface area (Å²) in [4.78, 5) is 2.46. The van der Waals surface area contributed by atoms with Gasteiger partial charge in [0.25, 0.3) is 0 Å². The van der Waals surface area contributed by atoms with Crippen LogP contribution >= 0.6 is 39.9 Å². The van der Waals surface area contributed by atoms with E-state index in [-0.39, 0.29) is 12.4 Å². The van der Waals surface area contributed by atoms with Gasteiger partial charge in [-0.25, -0.2) is 0 Å². The molecule has 0 amide bonds. The van der Waals surface area contributed by atoms with Crippen LogP contribution in [0.4, 0.5) is 0 Å². The van der Waals surface area contributed by atoms with Crippen molar-refractivity contribution in [2.45, 2.75) is 19.5 Å². The quantitative estimate of drug-likeness (QED) is 0.889. The van der Waals surface area contributed by atoms with Gasteiger partial charge >= 0.3 is 0 Å². The summed E-state index contributed by atoms with van der Waals surface area (Å²) in [6.07, 6.45) is 0. The van der Waals surface area contributed by atoms with Gasteiger partial charge in [0.2, 0.25) is 0 Å². The van der Waals surface area contributed by atoms with Crippen LogP contribution in [0.25, 0.3) is 0 Å². The molecule has 0 spiro atoms. The van der Waals surface area contributed by atoms with Crippen LogP contribution in [0.15, 0.2) is 22.7 Å². The number of nitrogens with zero attached hydrogens (tertiary/aromatic N) is 1. The van der Waals surface area contributed by atoms with Gasteiger partial charge in [-0.15, -0.1) is 12.4 Å². The summed E-state index contributed by atoms with van der Waals surface area (Å²) < 4.78 is 1.14. The predicted molar refractivity (Wildman–Crippen MR) is 79.1 cm³/mol. The molecule has 5 heteroatoms. The molecular formula is C12H17BrCl2N2. The zero-order valence-corrected chi connectivity index (χ0v) is 12.9. The Kier molecular flexibility index (Phi) is 6.24. The summed E-state index contributed by atoms with van der Waals surface area (Å²) in [5, 5.41) is 4.25. The Morgan fingerprint density at radius 1 is 1.53 bits per heavy atom. The van der Waals surface area contributed by atoms with Gasteiger partial charge in [-0.1, -0.05) is 27.5 Å². The van der Waals surface area contributed by atoms with Crippen molar-refractivity contribution < 1.29 is 0 Å².